The van der Waals surface area contributed by atoms with Crippen LogP contribution < -0.4 is 5.32 Å². The monoisotopic (exact) mass is 409 g/mol. The van der Waals surface area contributed by atoms with E-state index in [0.29, 0.717) is 33.5 Å². The van der Waals surface area contributed by atoms with Crippen LogP contribution in [-0.4, -0.2) is 28.2 Å². The van der Waals surface area contributed by atoms with Crippen LogP contribution in [0.1, 0.15) is 34.1 Å². The molecular formula is C21H16ClN3O4. The fourth-order valence-corrected chi connectivity index (χ4v) is 3.80. The van der Waals surface area contributed by atoms with E-state index in [1.54, 1.807) is 42.5 Å². The van der Waals surface area contributed by atoms with Gasteiger partial charge in [0.1, 0.15) is 5.69 Å². The second-order valence-electron chi connectivity index (χ2n) is 6.70. The fourth-order valence-electron chi connectivity index (χ4n) is 3.61. The standard InChI is InChI=1S/C21H16ClN3O4/c1-2-9-24-20(26)15-8-4-7-14-18(15)16(21(24)27)11-17(25(28)29)19(14)23-13-6-3-5-12(22)10-13/h3-8,10-11,23H,2,9H2,1H3. The lowest BCUT2D eigenvalue weighted by atomic mass is 9.92. The molecule has 0 bridgehead atoms. The van der Waals surface area contributed by atoms with E-state index < -0.39 is 16.7 Å². The smallest absolute Gasteiger partial charge is 0.294 e. The van der Waals surface area contributed by atoms with E-state index in [1.807, 2.05) is 6.92 Å². The molecule has 4 rings (SSSR count). The highest BCUT2D eigenvalue weighted by molar-refractivity contribution is 6.31. The third-order valence-corrected chi connectivity index (χ3v) is 5.06. The number of halogens is 1. The van der Waals surface area contributed by atoms with Crippen molar-refractivity contribution in [2.45, 2.75) is 13.3 Å². The summed E-state index contributed by atoms with van der Waals surface area (Å²) < 4.78 is 0. The first-order chi connectivity index (χ1) is 13.9. The van der Waals surface area contributed by atoms with Crippen LogP contribution in [0.4, 0.5) is 17.1 Å². The predicted octanol–water partition coefficient (Wildman–Crippen LogP) is 5.15. The minimum atomic E-state index is -0.538. The van der Waals surface area contributed by atoms with Crippen molar-refractivity contribution in [1.82, 2.24) is 4.90 Å². The number of hydrogen-bond acceptors (Lipinski definition) is 5. The number of amides is 2. The van der Waals surface area contributed by atoms with E-state index in [0.717, 1.165) is 4.90 Å². The Kier molecular flexibility index (Phi) is 4.68. The Labute approximate surface area is 171 Å². The van der Waals surface area contributed by atoms with Gasteiger partial charge in [0.25, 0.3) is 17.5 Å². The maximum Gasteiger partial charge on any atom is 0.294 e. The minimum absolute atomic E-state index is 0.159. The third kappa shape index (κ3) is 3.09. The zero-order valence-electron chi connectivity index (χ0n) is 15.4. The van der Waals surface area contributed by atoms with Gasteiger partial charge in [-0.1, -0.05) is 36.7 Å². The summed E-state index contributed by atoms with van der Waals surface area (Å²) in [4.78, 5) is 38.2. The Hall–Kier alpha value is -3.45. The number of hydrogen-bond donors (Lipinski definition) is 1. The van der Waals surface area contributed by atoms with Gasteiger partial charge in [-0.15, -0.1) is 0 Å². The van der Waals surface area contributed by atoms with Crippen molar-refractivity contribution < 1.29 is 14.5 Å². The van der Waals surface area contributed by atoms with Crippen LogP contribution in [0.15, 0.2) is 48.5 Å². The van der Waals surface area contributed by atoms with Gasteiger partial charge in [0.2, 0.25) is 0 Å². The zero-order chi connectivity index (χ0) is 20.7. The number of carbonyl (C=O) groups excluding carboxylic acids is 2. The van der Waals surface area contributed by atoms with Crippen LogP contribution in [0.3, 0.4) is 0 Å². The number of nitrogens with zero attached hydrogens (tertiary/aromatic N) is 2. The van der Waals surface area contributed by atoms with Crippen molar-refractivity contribution in [3.63, 3.8) is 0 Å². The van der Waals surface area contributed by atoms with Crippen LogP contribution in [0, 0.1) is 10.1 Å². The Morgan fingerprint density at radius 3 is 2.48 bits per heavy atom. The lowest BCUT2D eigenvalue weighted by Crippen LogP contribution is -2.40. The summed E-state index contributed by atoms with van der Waals surface area (Å²) in [5.41, 5.74) is 1.04. The number of benzene rings is 3. The first-order valence-corrected chi connectivity index (χ1v) is 9.43. The molecule has 1 heterocycles. The Bertz CT molecular complexity index is 1190. The number of nitro benzene ring substituents is 1. The summed E-state index contributed by atoms with van der Waals surface area (Å²) in [6.07, 6.45) is 0.597. The first kappa shape index (κ1) is 18.9. The molecule has 1 aliphatic rings. The van der Waals surface area contributed by atoms with Crippen molar-refractivity contribution in [3.8, 4) is 0 Å². The van der Waals surface area contributed by atoms with Crippen molar-refractivity contribution in [3.05, 3.63) is 74.8 Å². The molecule has 0 radical (unpaired) electrons. The lowest BCUT2D eigenvalue weighted by molar-refractivity contribution is -0.383. The topological polar surface area (TPSA) is 92.6 Å². The molecule has 0 atom stereocenters. The predicted molar refractivity (Wildman–Crippen MR) is 111 cm³/mol. The molecule has 0 spiro atoms. The van der Waals surface area contributed by atoms with E-state index in [9.17, 15) is 19.7 Å². The van der Waals surface area contributed by atoms with Crippen molar-refractivity contribution >= 4 is 51.2 Å². The molecule has 0 unspecified atom stereocenters. The van der Waals surface area contributed by atoms with Crippen molar-refractivity contribution in [2.24, 2.45) is 0 Å². The molecule has 3 aromatic rings. The molecule has 0 saturated heterocycles. The normalized spacial score (nSPS) is 13.1. The SMILES string of the molecule is CCCN1C(=O)c2cccc3c(Nc4cccc(Cl)c4)c([N+](=O)[O-])cc(c23)C1=O. The van der Waals surface area contributed by atoms with Crippen molar-refractivity contribution in [1.29, 1.82) is 0 Å². The van der Waals surface area contributed by atoms with Gasteiger partial charge in [0.05, 0.1) is 10.5 Å². The highest BCUT2D eigenvalue weighted by Gasteiger charge is 2.35. The van der Waals surface area contributed by atoms with Gasteiger partial charge in [-0.05, 0) is 30.7 Å². The molecular weight excluding hydrogens is 394 g/mol. The van der Waals surface area contributed by atoms with Gasteiger partial charge in [-0.25, -0.2) is 0 Å². The number of anilines is 2. The number of carbonyl (C=O) groups is 2. The molecule has 8 heteroatoms. The van der Waals surface area contributed by atoms with Gasteiger partial charge in [0, 0.05) is 39.7 Å². The second kappa shape index (κ2) is 7.18. The minimum Gasteiger partial charge on any atom is -0.349 e. The molecule has 0 aliphatic carbocycles. The highest BCUT2D eigenvalue weighted by Crippen LogP contribution is 2.41. The molecule has 2 amide bonds. The van der Waals surface area contributed by atoms with Gasteiger partial charge in [-0.3, -0.25) is 24.6 Å². The molecule has 146 valence electrons. The van der Waals surface area contributed by atoms with E-state index in [1.165, 1.54) is 6.07 Å². The Morgan fingerprint density at radius 1 is 1.07 bits per heavy atom. The van der Waals surface area contributed by atoms with Crippen LogP contribution >= 0.6 is 11.6 Å². The molecule has 1 aliphatic heterocycles. The largest absolute Gasteiger partial charge is 0.349 e. The zero-order valence-corrected chi connectivity index (χ0v) is 16.2. The molecule has 1 N–H and O–H groups in total. The van der Waals surface area contributed by atoms with Crippen LogP contribution in [0.25, 0.3) is 10.8 Å². The summed E-state index contributed by atoms with van der Waals surface area (Å²) >= 11 is 6.03. The molecule has 29 heavy (non-hydrogen) atoms. The summed E-state index contributed by atoms with van der Waals surface area (Å²) in [6.45, 7) is 2.11. The van der Waals surface area contributed by atoms with E-state index in [-0.39, 0.29) is 23.5 Å². The van der Waals surface area contributed by atoms with Crippen LogP contribution in [0.5, 0.6) is 0 Å². The molecule has 0 aromatic heterocycles. The number of nitro groups is 1. The van der Waals surface area contributed by atoms with Gasteiger partial charge in [0.15, 0.2) is 0 Å². The van der Waals surface area contributed by atoms with Crippen LogP contribution in [0.2, 0.25) is 5.02 Å². The highest BCUT2D eigenvalue weighted by atomic mass is 35.5. The molecule has 0 saturated carbocycles. The maximum absolute atomic E-state index is 12.9. The van der Waals surface area contributed by atoms with E-state index >= 15 is 0 Å². The summed E-state index contributed by atoms with van der Waals surface area (Å²) in [5.74, 6) is -0.907. The number of imide groups is 1. The summed E-state index contributed by atoms with van der Waals surface area (Å²) in [6, 6.07) is 13.0. The summed E-state index contributed by atoms with van der Waals surface area (Å²) in [7, 11) is 0. The Balaban J connectivity index is 2.00. The quantitative estimate of drug-likeness (QED) is 0.357. The molecule has 3 aromatic carbocycles. The van der Waals surface area contributed by atoms with Gasteiger partial charge >= 0.3 is 0 Å². The lowest BCUT2D eigenvalue weighted by Gasteiger charge is -2.27. The maximum atomic E-state index is 12.9. The van der Waals surface area contributed by atoms with Gasteiger partial charge in [-0.2, -0.15) is 0 Å². The van der Waals surface area contributed by atoms with Gasteiger partial charge < -0.3 is 5.32 Å². The van der Waals surface area contributed by atoms with Crippen LogP contribution in [-0.2, 0) is 0 Å². The number of rotatable bonds is 5. The Morgan fingerprint density at radius 2 is 1.79 bits per heavy atom. The molecule has 0 fully saturated rings. The fraction of sp³-hybridized carbons (Fsp3) is 0.143. The number of nitrogens with one attached hydrogen (secondary N) is 1. The third-order valence-electron chi connectivity index (χ3n) is 4.83. The van der Waals surface area contributed by atoms with E-state index in [4.69, 9.17) is 11.6 Å². The average molecular weight is 410 g/mol. The van der Waals surface area contributed by atoms with E-state index in [2.05, 4.69) is 5.32 Å². The summed E-state index contributed by atoms with van der Waals surface area (Å²) in [5, 5.41) is 16.2. The average Bonchev–Trinajstić information content (AvgIpc) is 2.69. The van der Waals surface area contributed by atoms with Crippen molar-refractivity contribution in [2.75, 3.05) is 11.9 Å². The molecule has 7 nitrogen and oxygen atoms in total. The second-order valence-corrected chi connectivity index (χ2v) is 7.14. The first-order valence-electron chi connectivity index (χ1n) is 9.05.